The first-order valence-electron chi connectivity index (χ1n) is 9.51. The maximum absolute atomic E-state index is 12.0. The van der Waals surface area contributed by atoms with Gasteiger partial charge in [0.1, 0.15) is 6.61 Å². The third kappa shape index (κ3) is 6.86. The van der Waals surface area contributed by atoms with E-state index < -0.39 is 11.8 Å². The average molecular weight is 507 g/mol. The number of nitrogens with zero attached hydrogens (tertiary/aromatic N) is 1. The summed E-state index contributed by atoms with van der Waals surface area (Å²) >= 11 is 18.0. The van der Waals surface area contributed by atoms with Gasteiger partial charge in [-0.25, -0.2) is 5.43 Å². The van der Waals surface area contributed by atoms with Crippen molar-refractivity contribution in [2.24, 2.45) is 5.10 Å². The predicted molar refractivity (Wildman–Crippen MR) is 130 cm³/mol. The van der Waals surface area contributed by atoms with Crippen molar-refractivity contribution < 1.29 is 19.1 Å². The molecule has 10 heteroatoms. The zero-order chi connectivity index (χ0) is 23.8. The highest BCUT2D eigenvalue weighted by Crippen LogP contribution is 2.30. The van der Waals surface area contributed by atoms with Crippen LogP contribution >= 0.6 is 34.8 Å². The van der Waals surface area contributed by atoms with E-state index in [9.17, 15) is 9.59 Å². The second-order valence-corrected chi connectivity index (χ2v) is 7.82. The summed E-state index contributed by atoms with van der Waals surface area (Å²) in [6, 6.07) is 16.8. The van der Waals surface area contributed by atoms with Crippen LogP contribution in [0.15, 0.2) is 65.8 Å². The number of carbonyl (C=O) groups excluding carboxylic acids is 2. The molecule has 0 radical (unpaired) electrons. The molecule has 0 spiro atoms. The van der Waals surface area contributed by atoms with Crippen LogP contribution in [0.4, 0.5) is 5.69 Å². The molecule has 3 aromatic carbocycles. The van der Waals surface area contributed by atoms with Gasteiger partial charge in [-0.1, -0.05) is 53.0 Å². The van der Waals surface area contributed by atoms with Crippen LogP contribution in [0.1, 0.15) is 11.1 Å². The van der Waals surface area contributed by atoms with Gasteiger partial charge >= 0.3 is 11.8 Å². The molecule has 33 heavy (non-hydrogen) atoms. The Morgan fingerprint density at radius 1 is 0.939 bits per heavy atom. The molecule has 0 aromatic heterocycles. The van der Waals surface area contributed by atoms with Crippen molar-refractivity contribution in [3.63, 3.8) is 0 Å². The quantitative estimate of drug-likeness (QED) is 0.258. The van der Waals surface area contributed by atoms with Crippen molar-refractivity contribution in [1.82, 2.24) is 5.43 Å². The lowest BCUT2D eigenvalue weighted by molar-refractivity contribution is -0.136. The molecule has 0 aliphatic rings. The molecule has 0 unspecified atom stereocenters. The Balaban J connectivity index is 1.59. The van der Waals surface area contributed by atoms with Gasteiger partial charge in [0.2, 0.25) is 0 Å². The van der Waals surface area contributed by atoms with Crippen molar-refractivity contribution in [3.05, 3.63) is 86.9 Å². The number of benzene rings is 3. The summed E-state index contributed by atoms with van der Waals surface area (Å²) in [6.07, 6.45) is 1.36. The van der Waals surface area contributed by atoms with Crippen molar-refractivity contribution in [2.45, 2.75) is 6.61 Å². The van der Waals surface area contributed by atoms with Gasteiger partial charge in [-0.2, -0.15) is 5.10 Å². The molecule has 170 valence electrons. The first kappa shape index (κ1) is 24.4. The number of para-hydroxylation sites is 1. The summed E-state index contributed by atoms with van der Waals surface area (Å²) in [5, 5.41) is 7.56. The van der Waals surface area contributed by atoms with Gasteiger partial charge in [-0.15, -0.1) is 0 Å². The van der Waals surface area contributed by atoms with Crippen molar-refractivity contribution in [1.29, 1.82) is 0 Å². The SMILES string of the molecule is COc1cc(/C=N\NC(=O)C(=O)Nc2ccccc2Cl)ccc1OCc1ccc(Cl)cc1Cl. The van der Waals surface area contributed by atoms with Crippen LogP contribution in [0.25, 0.3) is 0 Å². The summed E-state index contributed by atoms with van der Waals surface area (Å²) in [5.74, 6) is -0.906. The normalized spacial score (nSPS) is 10.7. The first-order chi connectivity index (χ1) is 15.9. The number of hydrogen-bond donors (Lipinski definition) is 2. The standard InChI is InChI=1S/C23H18Cl3N3O4/c1-32-21-10-14(6-9-20(21)33-13-15-7-8-16(24)11-18(15)26)12-27-29-23(31)22(30)28-19-5-3-2-4-17(19)25/h2-12H,13H2,1H3,(H,28,30)(H,29,31)/b27-12-. The maximum atomic E-state index is 12.0. The first-order valence-corrected chi connectivity index (χ1v) is 10.6. The van der Waals surface area contributed by atoms with Gasteiger partial charge in [0.05, 0.1) is 24.0 Å². The van der Waals surface area contributed by atoms with Gasteiger partial charge in [0.25, 0.3) is 0 Å². The van der Waals surface area contributed by atoms with E-state index in [1.165, 1.54) is 13.3 Å². The molecule has 0 fully saturated rings. The van der Waals surface area contributed by atoms with Crippen molar-refractivity contribution in [3.8, 4) is 11.5 Å². The third-order valence-electron chi connectivity index (χ3n) is 4.29. The Hall–Kier alpha value is -3.26. The molecule has 0 saturated heterocycles. The Bertz CT molecular complexity index is 1200. The Morgan fingerprint density at radius 2 is 1.73 bits per heavy atom. The van der Waals surface area contributed by atoms with E-state index in [1.54, 1.807) is 60.7 Å². The average Bonchev–Trinajstić information content (AvgIpc) is 2.80. The third-order valence-corrected chi connectivity index (χ3v) is 5.21. The molecule has 0 atom stereocenters. The van der Waals surface area contributed by atoms with Gasteiger partial charge in [-0.3, -0.25) is 9.59 Å². The fourth-order valence-corrected chi connectivity index (χ4v) is 3.28. The van der Waals surface area contributed by atoms with Crippen LogP contribution in [0.3, 0.4) is 0 Å². The predicted octanol–water partition coefficient (Wildman–Crippen LogP) is 5.32. The summed E-state index contributed by atoms with van der Waals surface area (Å²) in [5.41, 5.74) is 3.86. The number of amides is 2. The smallest absolute Gasteiger partial charge is 0.329 e. The number of nitrogens with one attached hydrogen (secondary N) is 2. The number of methoxy groups -OCH3 is 1. The zero-order valence-corrected chi connectivity index (χ0v) is 19.5. The minimum absolute atomic E-state index is 0.219. The second kappa shape index (κ2) is 11.6. The molecule has 0 aliphatic carbocycles. The molecule has 7 nitrogen and oxygen atoms in total. The number of halogens is 3. The van der Waals surface area contributed by atoms with Crippen LogP contribution in [0.2, 0.25) is 15.1 Å². The van der Waals surface area contributed by atoms with Crippen LogP contribution in [-0.4, -0.2) is 25.1 Å². The molecule has 0 bridgehead atoms. The highest BCUT2D eigenvalue weighted by Gasteiger charge is 2.14. The highest BCUT2D eigenvalue weighted by atomic mass is 35.5. The molecule has 0 aliphatic heterocycles. The van der Waals surface area contributed by atoms with E-state index in [2.05, 4.69) is 15.8 Å². The molecular weight excluding hydrogens is 489 g/mol. The summed E-state index contributed by atoms with van der Waals surface area (Å²) in [4.78, 5) is 23.9. The molecular formula is C23H18Cl3N3O4. The fraction of sp³-hybridized carbons (Fsp3) is 0.0870. The summed E-state index contributed by atoms with van der Waals surface area (Å²) in [7, 11) is 1.50. The zero-order valence-electron chi connectivity index (χ0n) is 17.3. The topological polar surface area (TPSA) is 89.0 Å². The van der Waals surface area contributed by atoms with E-state index in [0.29, 0.717) is 37.8 Å². The molecule has 2 amide bonds. The second-order valence-electron chi connectivity index (χ2n) is 6.57. The number of hydrogen-bond acceptors (Lipinski definition) is 5. The van der Waals surface area contributed by atoms with Gasteiger partial charge in [0.15, 0.2) is 11.5 Å². The Kier molecular flexibility index (Phi) is 8.54. The number of ether oxygens (including phenoxy) is 2. The van der Waals surface area contributed by atoms with Crippen LogP contribution < -0.4 is 20.2 Å². The molecule has 2 N–H and O–H groups in total. The maximum Gasteiger partial charge on any atom is 0.329 e. The largest absolute Gasteiger partial charge is 0.493 e. The molecule has 3 rings (SSSR count). The molecule has 0 saturated carbocycles. The lowest BCUT2D eigenvalue weighted by Gasteiger charge is -2.12. The van der Waals surface area contributed by atoms with Gasteiger partial charge in [0, 0.05) is 15.6 Å². The van der Waals surface area contributed by atoms with Crippen LogP contribution in [-0.2, 0) is 16.2 Å². The van der Waals surface area contributed by atoms with E-state index in [4.69, 9.17) is 44.3 Å². The van der Waals surface area contributed by atoms with E-state index in [0.717, 1.165) is 5.56 Å². The fourth-order valence-electron chi connectivity index (χ4n) is 2.64. The van der Waals surface area contributed by atoms with Gasteiger partial charge < -0.3 is 14.8 Å². The van der Waals surface area contributed by atoms with Crippen LogP contribution in [0.5, 0.6) is 11.5 Å². The van der Waals surface area contributed by atoms with Crippen molar-refractivity contribution in [2.75, 3.05) is 12.4 Å². The lowest BCUT2D eigenvalue weighted by Crippen LogP contribution is -2.32. The monoisotopic (exact) mass is 505 g/mol. The molecule has 3 aromatic rings. The highest BCUT2D eigenvalue weighted by molar-refractivity contribution is 6.41. The van der Waals surface area contributed by atoms with E-state index in [1.807, 2.05) is 0 Å². The number of carbonyl (C=O) groups is 2. The Morgan fingerprint density at radius 3 is 2.45 bits per heavy atom. The molecule has 0 heterocycles. The van der Waals surface area contributed by atoms with Gasteiger partial charge in [-0.05, 0) is 48.0 Å². The van der Waals surface area contributed by atoms with Crippen molar-refractivity contribution >= 4 is 58.5 Å². The number of anilines is 1. The summed E-state index contributed by atoms with van der Waals surface area (Å²) in [6.45, 7) is 0.219. The number of hydrazone groups is 1. The number of rotatable bonds is 7. The Labute approximate surface area is 205 Å². The minimum atomic E-state index is -0.946. The summed E-state index contributed by atoms with van der Waals surface area (Å²) < 4.78 is 11.2. The minimum Gasteiger partial charge on any atom is -0.493 e. The van der Waals surface area contributed by atoms with E-state index >= 15 is 0 Å². The van der Waals surface area contributed by atoms with E-state index in [-0.39, 0.29) is 6.61 Å². The lowest BCUT2D eigenvalue weighted by atomic mass is 10.2. The van der Waals surface area contributed by atoms with Crippen LogP contribution in [0, 0.1) is 0 Å².